The van der Waals surface area contributed by atoms with E-state index in [1.165, 1.54) is 36.0 Å². The lowest BCUT2D eigenvalue weighted by Crippen LogP contribution is -2.27. The van der Waals surface area contributed by atoms with Crippen LogP contribution in [0.25, 0.3) is 0 Å². The maximum absolute atomic E-state index is 13.6. The summed E-state index contributed by atoms with van der Waals surface area (Å²) < 4.78 is 24.6. The Morgan fingerprint density at radius 2 is 1.97 bits per heavy atom. The molecule has 34 heavy (non-hydrogen) atoms. The van der Waals surface area contributed by atoms with Gasteiger partial charge >= 0.3 is 5.97 Å². The van der Waals surface area contributed by atoms with Crippen LogP contribution in [0.3, 0.4) is 0 Å². The smallest absolute Gasteiger partial charge is 0.338 e. The highest BCUT2D eigenvalue weighted by Gasteiger charge is 2.37. The Morgan fingerprint density at radius 3 is 2.56 bits per heavy atom. The summed E-state index contributed by atoms with van der Waals surface area (Å²) in [5.74, 6) is -1.85. The van der Waals surface area contributed by atoms with E-state index in [9.17, 15) is 19.7 Å². The van der Waals surface area contributed by atoms with Crippen LogP contribution < -0.4 is 5.73 Å². The van der Waals surface area contributed by atoms with Crippen molar-refractivity contribution in [2.45, 2.75) is 38.1 Å². The van der Waals surface area contributed by atoms with Crippen LogP contribution in [-0.2, 0) is 20.7 Å². The summed E-state index contributed by atoms with van der Waals surface area (Å²) in [7, 11) is 0. The van der Waals surface area contributed by atoms with Crippen molar-refractivity contribution in [3.63, 3.8) is 0 Å². The van der Waals surface area contributed by atoms with Crippen molar-refractivity contribution in [2.24, 2.45) is 5.73 Å². The van der Waals surface area contributed by atoms with Gasteiger partial charge in [0.25, 0.3) is 0 Å². The molecule has 7 nitrogen and oxygen atoms in total. The predicted molar refractivity (Wildman–Crippen MR) is 125 cm³/mol. The van der Waals surface area contributed by atoms with E-state index < -0.39 is 17.7 Å². The number of aromatic nitrogens is 1. The zero-order chi connectivity index (χ0) is 24.8. The number of thioether (sulfide) groups is 1. The molecule has 0 radical (unpaired) electrons. The van der Waals surface area contributed by atoms with Crippen molar-refractivity contribution in [1.82, 2.24) is 4.98 Å². The second-order valence-corrected chi connectivity index (χ2v) is 8.36. The number of ether oxygens (including phenoxy) is 2. The Balaban J connectivity index is 2.10. The summed E-state index contributed by atoms with van der Waals surface area (Å²) in [5.41, 5.74) is 8.88. The molecule has 1 aromatic heterocycles. The number of nitrogens with zero attached hydrogens (tertiary/aromatic N) is 3. The van der Waals surface area contributed by atoms with Crippen LogP contribution in [0.4, 0.5) is 4.39 Å². The number of carbonyl (C=O) groups is 1. The molecule has 174 valence electrons. The normalized spacial score (nSPS) is 15.4. The first-order valence-electron chi connectivity index (χ1n) is 10.6. The van der Waals surface area contributed by atoms with E-state index in [1.807, 2.05) is 19.9 Å². The van der Waals surface area contributed by atoms with Crippen LogP contribution >= 0.6 is 11.8 Å². The van der Waals surface area contributed by atoms with E-state index in [0.717, 1.165) is 11.3 Å². The minimum Gasteiger partial charge on any atom is -0.463 e. The lowest BCUT2D eigenvalue weighted by atomic mass is 9.83. The molecule has 0 amide bonds. The molecule has 0 spiro atoms. The van der Waals surface area contributed by atoms with E-state index in [4.69, 9.17) is 15.2 Å². The predicted octanol–water partition coefficient (Wildman–Crippen LogP) is 4.38. The number of benzene rings is 1. The fourth-order valence-corrected chi connectivity index (χ4v) is 4.58. The maximum Gasteiger partial charge on any atom is 0.338 e. The van der Waals surface area contributed by atoms with Gasteiger partial charge in [-0.05, 0) is 49.6 Å². The largest absolute Gasteiger partial charge is 0.463 e. The zero-order valence-corrected chi connectivity index (χ0v) is 19.8. The summed E-state index contributed by atoms with van der Waals surface area (Å²) in [5, 5.41) is 19.8. The first kappa shape index (κ1) is 24.8. The number of hydrogen-bond donors (Lipinski definition) is 1. The highest BCUT2D eigenvalue weighted by atomic mass is 32.2. The Hall–Kier alpha value is -3.82. The highest BCUT2D eigenvalue weighted by Crippen LogP contribution is 2.41. The molecule has 0 aliphatic carbocycles. The van der Waals surface area contributed by atoms with Gasteiger partial charge < -0.3 is 15.2 Å². The van der Waals surface area contributed by atoms with Gasteiger partial charge in [0.2, 0.25) is 5.88 Å². The number of carbonyl (C=O) groups excluding carboxylic acids is 1. The maximum atomic E-state index is 13.6. The molecule has 1 atom stereocenters. The summed E-state index contributed by atoms with van der Waals surface area (Å²) in [4.78, 5) is 17.6. The van der Waals surface area contributed by atoms with Crippen LogP contribution in [0.1, 0.15) is 42.1 Å². The van der Waals surface area contributed by atoms with E-state index in [-0.39, 0.29) is 35.1 Å². The topological polar surface area (TPSA) is 122 Å². The van der Waals surface area contributed by atoms with Gasteiger partial charge in [-0.15, -0.1) is 0 Å². The molecule has 0 saturated heterocycles. The zero-order valence-electron chi connectivity index (χ0n) is 19.0. The number of allylic oxidation sites excluding steroid dienone is 1. The molecule has 2 N–H and O–H groups in total. The third-order valence-electron chi connectivity index (χ3n) is 5.27. The van der Waals surface area contributed by atoms with E-state index in [1.54, 1.807) is 13.0 Å². The van der Waals surface area contributed by atoms with Gasteiger partial charge in [-0.1, -0.05) is 30.8 Å². The number of aryl methyl sites for hydroxylation is 2. The van der Waals surface area contributed by atoms with Crippen LogP contribution in [0.2, 0.25) is 0 Å². The van der Waals surface area contributed by atoms with Crippen molar-refractivity contribution in [2.75, 3.05) is 12.4 Å². The second-order valence-electron chi connectivity index (χ2n) is 7.39. The number of hydrogen-bond acceptors (Lipinski definition) is 8. The molecule has 1 aliphatic rings. The van der Waals surface area contributed by atoms with Crippen molar-refractivity contribution in [3.8, 4) is 12.1 Å². The van der Waals surface area contributed by atoms with E-state index in [2.05, 4.69) is 11.1 Å². The molecule has 1 aliphatic heterocycles. The molecule has 0 saturated carbocycles. The monoisotopic (exact) mass is 478 g/mol. The highest BCUT2D eigenvalue weighted by molar-refractivity contribution is 7.99. The van der Waals surface area contributed by atoms with Gasteiger partial charge in [0, 0.05) is 5.69 Å². The first-order valence-corrected chi connectivity index (χ1v) is 11.6. The van der Waals surface area contributed by atoms with Crippen molar-refractivity contribution in [1.29, 1.82) is 10.5 Å². The molecule has 0 unspecified atom stereocenters. The number of esters is 1. The van der Waals surface area contributed by atoms with Crippen molar-refractivity contribution < 1.29 is 18.7 Å². The standard InChI is InChI=1S/C25H23FN4O3S/c1-4-19-14(3)10-16(11-27)24(30-19)34-13-20-22(25(31)32-5-2)21(18(12-28)23(29)33-20)15-6-8-17(26)9-7-15/h6-10,21H,4-5,13,29H2,1-3H3/t21-/m1/s1. The van der Waals surface area contributed by atoms with Gasteiger partial charge in [-0.2, -0.15) is 10.5 Å². The second kappa shape index (κ2) is 10.9. The summed E-state index contributed by atoms with van der Waals surface area (Å²) in [6.07, 6.45) is 0.701. The van der Waals surface area contributed by atoms with Crippen LogP contribution in [0, 0.1) is 35.4 Å². The summed E-state index contributed by atoms with van der Waals surface area (Å²) in [6, 6.07) is 11.4. The third-order valence-corrected chi connectivity index (χ3v) is 6.26. The molecule has 0 bridgehead atoms. The first-order chi connectivity index (χ1) is 16.3. The van der Waals surface area contributed by atoms with Crippen LogP contribution in [0.5, 0.6) is 0 Å². The summed E-state index contributed by atoms with van der Waals surface area (Å²) in [6.45, 7) is 5.65. The minimum atomic E-state index is -0.887. The Bertz CT molecular complexity index is 1260. The average molecular weight is 479 g/mol. The van der Waals surface area contributed by atoms with Gasteiger partial charge in [0.1, 0.15) is 34.3 Å². The average Bonchev–Trinajstić information content (AvgIpc) is 2.83. The summed E-state index contributed by atoms with van der Waals surface area (Å²) >= 11 is 1.22. The Morgan fingerprint density at radius 1 is 1.26 bits per heavy atom. The molecule has 3 rings (SSSR count). The number of pyridine rings is 1. The van der Waals surface area contributed by atoms with Gasteiger partial charge in [-0.25, -0.2) is 14.2 Å². The van der Waals surface area contributed by atoms with Crippen LogP contribution in [-0.4, -0.2) is 23.3 Å². The van der Waals surface area contributed by atoms with Crippen LogP contribution in [0.15, 0.2) is 58.1 Å². The molecule has 0 fully saturated rings. The fraction of sp³-hybridized carbons (Fsp3) is 0.280. The minimum absolute atomic E-state index is 0.0304. The Kier molecular flexibility index (Phi) is 7.93. The SMILES string of the molecule is CCOC(=O)C1=C(CSc2nc(CC)c(C)cc2C#N)OC(N)=C(C#N)[C@H]1c1ccc(F)cc1. The van der Waals surface area contributed by atoms with Gasteiger partial charge in [-0.3, -0.25) is 0 Å². The van der Waals surface area contributed by atoms with Gasteiger partial charge in [0.05, 0.1) is 29.4 Å². The molecule has 2 heterocycles. The quantitative estimate of drug-likeness (QED) is 0.459. The number of halogens is 1. The molecular weight excluding hydrogens is 455 g/mol. The van der Waals surface area contributed by atoms with E-state index >= 15 is 0 Å². The van der Waals surface area contributed by atoms with E-state index in [0.29, 0.717) is 22.6 Å². The molecule has 9 heteroatoms. The number of nitrogens with two attached hydrogens (primary N) is 1. The molecular formula is C25H23FN4O3S. The van der Waals surface area contributed by atoms with Crippen molar-refractivity contribution >= 4 is 17.7 Å². The molecule has 1 aromatic carbocycles. The van der Waals surface area contributed by atoms with Gasteiger partial charge in [0.15, 0.2) is 0 Å². The Labute approximate surface area is 201 Å². The number of rotatable bonds is 7. The van der Waals surface area contributed by atoms with Crippen molar-refractivity contribution in [3.05, 3.63) is 81.3 Å². The molecule has 2 aromatic rings. The lowest BCUT2D eigenvalue weighted by Gasteiger charge is -2.28. The third kappa shape index (κ3) is 5.05. The number of nitriles is 2. The lowest BCUT2D eigenvalue weighted by molar-refractivity contribution is -0.139. The fourth-order valence-electron chi connectivity index (χ4n) is 3.66.